The number of rotatable bonds is 6. The molecular formula is C18H31IN4O2. The zero-order valence-corrected chi connectivity index (χ0v) is 18.0. The van der Waals surface area contributed by atoms with Gasteiger partial charge in [-0.15, -0.1) is 24.0 Å². The highest BCUT2D eigenvalue weighted by Gasteiger charge is 2.24. The van der Waals surface area contributed by atoms with Crippen molar-refractivity contribution in [1.82, 2.24) is 15.1 Å². The van der Waals surface area contributed by atoms with Crippen LogP contribution in [-0.4, -0.2) is 67.7 Å². The van der Waals surface area contributed by atoms with E-state index >= 15 is 0 Å². The lowest BCUT2D eigenvalue weighted by molar-refractivity contribution is 0.232. The summed E-state index contributed by atoms with van der Waals surface area (Å²) in [5.41, 5.74) is 0.792. The van der Waals surface area contributed by atoms with Crippen LogP contribution in [0.15, 0.2) is 23.2 Å². The maximum absolute atomic E-state index is 10.00. The summed E-state index contributed by atoms with van der Waals surface area (Å²) in [6, 6.07) is 5.83. The minimum absolute atomic E-state index is 0. The highest BCUT2D eigenvalue weighted by molar-refractivity contribution is 14.0. The van der Waals surface area contributed by atoms with Crippen LogP contribution in [0.3, 0.4) is 0 Å². The summed E-state index contributed by atoms with van der Waals surface area (Å²) in [4.78, 5) is 9.06. The third-order valence-corrected chi connectivity index (χ3v) is 4.69. The van der Waals surface area contributed by atoms with Crippen LogP contribution in [0.25, 0.3) is 0 Å². The predicted octanol–water partition coefficient (Wildman–Crippen LogP) is 2.51. The maximum Gasteiger partial charge on any atom is 0.193 e. The Morgan fingerprint density at radius 3 is 2.88 bits per heavy atom. The lowest BCUT2D eigenvalue weighted by Crippen LogP contribution is -2.45. The Hall–Kier alpha value is -1.22. The number of aromatic hydroxyl groups is 1. The van der Waals surface area contributed by atoms with Gasteiger partial charge in [0.15, 0.2) is 5.96 Å². The largest absolute Gasteiger partial charge is 0.508 e. The van der Waals surface area contributed by atoms with Gasteiger partial charge in [0.1, 0.15) is 11.5 Å². The van der Waals surface area contributed by atoms with Crippen molar-refractivity contribution in [2.75, 3.05) is 40.8 Å². The molecule has 0 amide bonds. The van der Waals surface area contributed by atoms with E-state index in [0.29, 0.717) is 12.6 Å². The average Bonchev–Trinajstić information content (AvgIpc) is 3.04. The zero-order chi connectivity index (χ0) is 17.5. The Morgan fingerprint density at radius 2 is 2.24 bits per heavy atom. The Kier molecular flexibility index (Phi) is 9.34. The molecule has 1 atom stereocenters. The smallest absolute Gasteiger partial charge is 0.193 e. The molecule has 142 valence electrons. The minimum Gasteiger partial charge on any atom is -0.508 e. The number of nitrogens with zero attached hydrogens (tertiary/aromatic N) is 3. The number of halogens is 1. The molecular weight excluding hydrogens is 431 g/mol. The van der Waals surface area contributed by atoms with E-state index in [-0.39, 0.29) is 29.7 Å². The number of hydrogen-bond donors (Lipinski definition) is 2. The number of nitrogens with one attached hydrogen (secondary N) is 1. The van der Waals surface area contributed by atoms with E-state index in [2.05, 4.69) is 34.1 Å². The van der Waals surface area contributed by atoms with Gasteiger partial charge in [-0.3, -0.25) is 9.89 Å². The van der Waals surface area contributed by atoms with Crippen molar-refractivity contribution >= 4 is 29.9 Å². The molecule has 1 unspecified atom stereocenters. The molecule has 2 N–H and O–H groups in total. The molecule has 0 aromatic heterocycles. The molecule has 1 aromatic rings. The van der Waals surface area contributed by atoms with E-state index in [4.69, 9.17) is 4.74 Å². The summed E-state index contributed by atoms with van der Waals surface area (Å²) in [5, 5.41) is 13.3. The van der Waals surface area contributed by atoms with Crippen LogP contribution < -0.4 is 10.1 Å². The second-order valence-corrected chi connectivity index (χ2v) is 6.20. The number of phenolic OH excluding ortho intramolecular Hbond substituents is 1. The van der Waals surface area contributed by atoms with Gasteiger partial charge in [-0.2, -0.15) is 0 Å². The number of methoxy groups -OCH3 is 1. The average molecular weight is 462 g/mol. The van der Waals surface area contributed by atoms with Gasteiger partial charge in [-0.25, -0.2) is 0 Å². The molecule has 1 heterocycles. The molecule has 2 rings (SSSR count). The normalized spacial score (nSPS) is 17.9. The van der Waals surface area contributed by atoms with Crippen LogP contribution in [-0.2, 0) is 6.54 Å². The molecule has 0 radical (unpaired) electrons. The van der Waals surface area contributed by atoms with Gasteiger partial charge in [0.05, 0.1) is 7.11 Å². The Morgan fingerprint density at radius 1 is 1.48 bits per heavy atom. The summed E-state index contributed by atoms with van der Waals surface area (Å²) < 4.78 is 5.22. The van der Waals surface area contributed by atoms with E-state index in [1.807, 2.05) is 6.07 Å². The topological polar surface area (TPSA) is 60.3 Å². The van der Waals surface area contributed by atoms with Gasteiger partial charge in [0.2, 0.25) is 0 Å². The molecule has 1 aliphatic heterocycles. The van der Waals surface area contributed by atoms with Crippen molar-refractivity contribution in [2.24, 2.45) is 4.99 Å². The highest BCUT2D eigenvalue weighted by Crippen LogP contribution is 2.22. The molecule has 6 nitrogen and oxygen atoms in total. The van der Waals surface area contributed by atoms with E-state index in [0.717, 1.165) is 30.4 Å². The monoisotopic (exact) mass is 462 g/mol. The van der Waals surface area contributed by atoms with Gasteiger partial charge in [-0.1, -0.05) is 6.92 Å². The molecule has 1 saturated heterocycles. The van der Waals surface area contributed by atoms with Crippen molar-refractivity contribution in [3.63, 3.8) is 0 Å². The maximum atomic E-state index is 10.00. The minimum atomic E-state index is 0. The highest BCUT2D eigenvalue weighted by atomic mass is 127. The third-order valence-electron chi connectivity index (χ3n) is 4.69. The lowest BCUT2D eigenvalue weighted by Gasteiger charge is -2.29. The van der Waals surface area contributed by atoms with Gasteiger partial charge in [0.25, 0.3) is 0 Å². The third kappa shape index (κ3) is 5.91. The number of benzene rings is 1. The number of likely N-dealkylation sites (tertiary alicyclic amines) is 1. The first-order valence-electron chi connectivity index (χ1n) is 8.60. The first-order valence-corrected chi connectivity index (χ1v) is 8.60. The molecule has 1 aromatic carbocycles. The summed E-state index contributed by atoms with van der Waals surface area (Å²) >= 11 is 0. The van der Waals surface area contributed by atoms with E-state index in [9.17, 15) is 5.11 Å². The predicted molar refractivity (Wildman–Crippen MR) is 113 cm³/mol. The Bertz CT molecular complexity index is 568. The van der Waals surface area contributed by atoms with E-state index in [1.54, 1.807) is 26.3 Å². The van der Waals surface area contributed by atoms with Crippen molar-refractivity contribution in [3.05, 3.63) is 23.8 Å². The molecule has 1 fully saturated rings. The fourth-order valence-electron chi connectivity index (χ4n) is 3.31. The summed E-state index contributed by atoms with van der Waals surface area (Å²) in [6.07, 6.45) is 2.52. The molecule has 1 aliphatic rings. The molecule has 0 aliphatic carbocycles. The second-order valence-electron chi connectivity index (χ2n) is 6.20. The van der Waals surface area contributed by atoms with E-state index in [1.165, 1.54) is 19.4 Å². The first kappa shape index (κ1) is 21.8. The first-order chi connectivity index (χ1) is 11.6. The Labute approximate surface area is 168 Å². The lowest BCUT2D eigenvalue weighted by atomic mass is 10.2. The van der Waals surface area contributed by atoms with Crippen LogP contribution in [0.5, 0.6) is 11.5 Å². The number of ether oxygens (including phenoxy) is 1. The molecule has 0 saturated carbocycles. The van der Waals surface area contributed by atoms with Crippen LogP contribution in [0.1, 0.15) is 25.3 Å². The number of phenols is 1. The zero-order valence-electron chi connectivity index (χ0n) is 15.7. The van der Waals surface area contributed by atoms with Crippen LogP contribution in [0, 0.1) is 0 Å². The van der Waals surface area contributed by atoms with Gasteiger partial charge < -0.3 is 20.1 Å². The Balaban J connectivity index is 0.00000312. The van der Waals surface area contributed by atoms with Crippen molar-refractivity contribution in [2.45, 2.75) is 32.4 Å². The number of likely N-dealkylation sites (N-methyl/N-ethyl adjacent to an activating group) is 2. The van der Waals surface area contributed by atoms with Crippen LogP contribution in [0.2, 0.25) is 0 Å². The quantitative estimate of drug-likeness (QED) is 0.387. The molecule has 25 heavy (non-hydrogen) atoms. The van der Waals surface area contributed by atoms with Crippen LogP contribution in [0.4, 0.5) is 0 Å². The van der Waals surface area contributed by atoms with Gasteiger partial charge in [-0.05, 0) is 44.1 Å². The number of guanidine groups is 1. The SMILES string of the molecule is CCN1CCCC1CN(C)C(=NC)NCc1cc(OC)ccc1O.I. The van der Waals surface area contributed by atoms with Crippen LogP contribution >= 0.6 is 24.0 Å². The second kappa shape index (κ2) is 10.7. The summed E-state index contributed by atoms with van der Waals surface area (Å²) in [5.74, 6) is 1.83. The number of aliphatic imine (C=N–C) groups is 1. The fraction of sp³-hybridized carbons (Fsp3) is 0.611. The molecule has 0 spiro atoms. The van der Waals surface area contributed by atoms with Gasteiger partial charge in [0, 0.05) is 38.8 Å². The van der Waals surface area contributed by atoms with Crippen molar-refractivity contribution in [1.29, 1.82) is 0 Å². The van der Waals surface area contributed by atoms with E-state index < -0.39 is 0 Å². The summed E-state index contributed by atoms with van der Waals surface area (Å²) in [6.45, 7) is 5.97. The fourth-order valence-corrected chi connectivity index (χ4v) is 3.31. The molecule has 7 heteroatoms. The van der Waals surface area contributed by atoms with Gasteiger partial charge >= 0.3 is 0 Å². The molecule has 0 bridgehead atoms. The number of hydrogen-bond acceptors (Lipinski definition) is 4. The van der Waals surface area contributed by atoms with Crippen molar-refractivity contribution < 1.29 is 9.84 Å². The summed E-state index contributed by atoms with van der Waals surface area (Å²) in [7, 11) is 5.47. The standard InChI is InChI=1S/C18H30N4O2.HI/c1-5-22-10-6-7-15(22)13-21(3)18(19-2)20-12-14-11-16(24-4)8-9-17(14)23;/h8-9,11,15,23H,5-7,10,12-13H2,1-4H3,(H,19,20);1H. The van der Waals surface area contributed by atoms with Crippen molar-refractivity contribution in [3.8, 4) is 11.5 Å².